The lowest BCUT2D eigenvalue weighted by Crippen LogP contribution is -2.17. The average Bonchev–Trinajstić information content (AvgIpc) is 2.16. The highest BCUT2D eigenvalue weighted by Gasteiger charge is 2.06. The average molecular weight is 243 g/mol. The lowest BCUT2D eigenvalue weighted by atomic mass is 10.1. The van der Waals surface area contributed by atoms with E-state index in [1.165, 1.54) is 7.11 Å². The number of ether oxygens (including phenoxy) is 1. The number of anilines is 1. The van der Waals surface area contributed by atoms with Crippen LogP contribution in [0.5, 0.6) is 5.75 Å². The summed E-state index contributed by atoms with van der Waals surface area (Å²) in [6.07, 6.45) is 0.685. The SMILES string of the molecule is COc1ccc(CC(C)N)cc1N[S](=O)=O. The quantitative estimate of drug-likeness (QED) is 0.801. The molecule has 16 heavy (non-hydrogen) atoms. The molecule has 89 valence electrons. The van der Waals surface area contributed by atoms with E-state index < -0.39 is 10.9 Å². The number of nitrogens with one attached hydrogen (secondary N) is 1. The maximum atomic E-state index is 10.6. The minimum absolute atomic E-state index is 0.0268. The van der Waals surface area contributed by atoms with E-state index in [1.54, 1.807) is 12.1 Å². The monoisotopic (exact) mass is 243 g/mol. The van der Waals surface area contributed by atoms with Crippen LogP contribution in [0.4, 0.5) is 5.69 Å². The van der Waals surface area contributed by atoms with Crippen LogP contribution in [0.1, 0.15) is 12.5 Å². The van der Waals surface area contributed by atoms with Gasteiger partial charge in [0.05, 0.1) is 12.8 Å². The summed E-state index contributed by atoms with van der Waals surface area (Å²) >= 11 is 0. The molecule has 0 spiro atoms. The Morgan fingerprint density at radius 3 is 2.69 bits per heavy atom. The molecule has 0 bridgehead atoms. The van der Waals surface area contributed by atoms with E-state index in [4.69, 9.17) is 10.5 Å². The van der Waals surface area contributed by atoms with Gasteiger partial charge in [-0.1, -0.05) is 6.07 Å². The van der Waals surface area contributed by atoms with Crippen LogP contribution >= 0.6 is 0 Å². The standard InChI is InChI=1S/C10H15N2O3S/c1-7(11)5-8-3-4-10(15-2)9(6-8)12-16(13)14/h3-4,6-7H,5,11H2,1-2H3,(H,12,13,14). The van der Waals surface area contributed by atoms with E-state index in [1.807, 2.05) is 13.0 Å². The van der Waals surface area contributed by atoms with Gasteiger partial charge in [0.1, 0.15) is 5.75 Å². The van der Waals surface area contributed by atoms with Crippen LogP contribution in [-0.2, 0) is 17.3 Å². The molecule has 1 atom stereocenters. The highest BCUT2D eigenvalue weighted by molar-refractivity contribution is 7.73. The summed E-state index contributed by atoms with van der Waals surface area (Å²) in [4.78, 5) is 0. The Morgan fingerprint density at radius 2 is 2.19 bits per heavy atom. The number of rotatable bonds is 5. The van der Waals surface area contributed by atoms with Gasteiger partial charge in [-0.15, -0.1) is 0 Å². The predicted octanol–water partition coefficient (Wildman–Crippen LogP) is 0.791. The molecule has 1 unspecified atom stereocenters. The van der Waals surface area contributed by atoms with E-state index in [2.05, 4.69) is 4.72 Å². The van der Waals surface area contributed by atoms with E-state index in [-0.39, 0.29) is 6.04 Å². The second kappa shape index (κ2) is 5.62. The van der Waals surface area contributed by atoms with E-state index in [0.717, 1.165) is 5.56 Å². The molecule has 1 aromatic rings. The van der Waals surface area contributed by atoms with Crippen LogP contribution in [-0.4, -0.2) is 21.6 Å². The van der Waals surface area contributed by atoms with E-state index in [9.17, 15) is 8.42 Å². The van der Waals surface area contributed by atoms with Gasteiger partial charge in [-0.25, -0.2) is 0 Å². The molecule has 0 aromatic heterocycles. The Morgan fingerprint density at radius 1 is 1.50 bits per heavy atom. The van der Waals surface area contributed by atoms with Gasteiger partial charge in [0.15, 0.2) is 0 Å². The van der Waals surface area contributed by atoms with Gasteiger partial charge in [0.25, 0.3) is 10.9 Å². The van der Waals surface area contributed by atoms with Crippen molar-refractivity contribution in [3.8, 4) is 5.75 Å². The van der Waals surface area contributed by atoms with Gasteiger partial charge in [-0.2, -0.15) is 8.42 Å². The van der Waals surface area contributed by atoms with Crippen LogP contribution < -0.4 is 15.2 Å². The molecule has 0 saturated heterocycles. The van der Waals surface area contributed by atoms with Crippen LogP contribution in [0, 0.1) is 0 Å². The number of benzene rings is 1. The summed E-state index contributed by atoms with van der Waals surface area (Å²) in [6, 6.07) is 5.32. The molecule has 1 radical (unpaired) electrons. The summed E-state index contributed by atoms with van der Waals surface area (Å²) in [6.45, 7) is 1.89. The van der Waals surface area contributed by atoms with Crippen LogP contribution in [0.3, 0.4) is 0 Å². The molecule has 6 heteroatoms. The summed E-state index contributed by atoms with van der Waals surface area (Å²) < 4.78 is 28.5. The molecular weight excluding hydrogens is 228 g/mol. The second-order valence-electron chi connectivity index (χ2n) is 3.55. The number of hydrogen-bond donors (Lipinski definition) is 2. The highest BCUT2D eigenvalue weighted by atomic mass is 32.2. The molecular formula is C10H15N2O3S. The Bertz CT molecular complexity index is 422. The van der Waals surface area contributed by atoms with Gasteiger partial charge >= 0.3 is 0 Å². The molecule has 0 saturated carbocycles. The van der Waals surface area contributed by atoms with E-state index >= 15 is 0 Å². The van der Waals surface area contributed by atoms with Crippen molar-refractivity contribution in [3.63, 3.8) is 0 Å². The molecule has 0 aliphatic heterocycles. The summed E-state index contributed by atoms with van der Waals surface area (Å²) in [5.41, 5.74) is 7.06. The van der Waals surface area contributed by atoms with Gasteiger partial charge in [-0.3, -0.25) is 4.72 Å². The first-order valence-electron chi connectivity index (χ1n) is 4.81. The molecule has 0 fully saturated rings. The number of methoxy groups -OCH3 is 1. The number of hydrogen-bond acceptors (Lipinski definition) is 4. The first kappa shape index (κ1) is 12.7. The zero-order chi connectivity index (χ0) is 12.1. The van der Waals surface area contributed by atoms with Crippen molar-refractivity contribution in [2.75, 3.05) is 11.8 Å². The minimum Gasteiger partial charge on any atom is -0.495 e. The Balaban J connectivity index is 3.00. The first-order chi connectivity index (χ1) is 7.52. The Hall–Kier alpha value is -1.40. The molecule has 0 aliphatic rings. The summed E-state index contributed by atoms with van der Waals surface area (Å²) in [7, 11) is -0.875. The topological polar surface area (TPSA) is 81.4 Å². The smallest absolute Gasteiger partial charge is 0.293 e. The Kier molecular flexibility index (Phi) is 4.45. The molecule has 1 aromatic carbocycles. The summed E-state index contributed by atoms with van der Waals surface area (Å²) in [5.74, 6) is 0.484. The largest absolute Gasteiger partial charge is 0.495 e. The Labute approximate surface area is 96.7 Å². The van der Waals surface area contributed by atoms with Crippen molar-refractivity contribution >= 4 is 16.6 Å². The second-order valence-corrected chi connectivity index (χ2v) is 4.23. The lowest BCUT2D eigenvalue weighted by Gasteiger charge is -2.10. The first-order valence-corrected chi connectivity index (χ1v) is 5.89. The lowest BCUT2D eigenvalue weighted by molar-refractivity contribution is 0.416. The zero-order valence-electron chi connectivity index (χ0n) is 9.23. The van der Waals surface area contributed by atoms with Gasteiger partial charge in [0.2, 0.25) is 0 Å². The molecule has 0 heterocycles. The molecule has 0 aliphatic carbocycles. The molecule has 0 amide bonds. The van der Waals surface area contributed by atoms with Crippen LogP contribution in [0.15, 0.2) is 18.2 Å². The normalized spacial score (nSPS) is 11.9. The fraction of sp³-hybridized carbons (Fsp3) is 0.400. The number of nitrogens with two attached hydrogens (primary N) is 1. The third kappa shape index (κ3) is 3.63. The molecule has 3 N–H and O–H groups in total. The minimum atomic E-state index is -2.36. The van der Waals surface area contributed by atoms with Crippen molar-refractivity contribution < 1.29 is 13.2 Å². The molecule has 5 nitrogen and oxygen atoms in total. The third-order valence-corrected chi connectivity index (χ3v) is 2.40. The van der Waals surface area contributed by atoms with Crippen molar-refractivity contribution in [1.29, 1.82) is 0 Å². The van der Waals surface area contributed by atoms with E-state index in [0.29, 0.717) is 17.9 Å². The maximum absolute atomic E-state index is 10.6. The van der Waals surface area contributed by atoms with Crippen molar-refractivity contribution in [2.45, 2.75) is 19.4 Å². The van der Waals surface area contributed by atoms with Crippen molar-refractivity contribution in [1.82, 2.24) is 0 Å². The van der Waals surface area contributed by atoms with Gasteiger partial charge in [-0.05, 0) is 31.0 Å². The molecule has 1 rings (SSSR count). The zero-order valence-corrected chi connectivity index (χ0v) is 10.0. The summed E-state index contributed by atoms with van der Waals surface area (Å²) in [5, 5.41) is 0. The fourth-order valence-electron chi connectivity index (χ4n) is 1.42. The van der Waals surface area contributed by atoms with Crippen LogP contribution in [0.2, 0.25) is 0 Å². The van der Waals surface area contributed by atoms with Crippen molar-refractivity contribution in [2.24, 2.45) is 5.73 Å². The van der Waals surface area contributed by atoms with Crippen LogP contribution in [0.25, 0.3) is 0 Å². The highest BCUT2D eigenvalue weighted by Crippen LogP contribution is 2.25. The van der Waals surface area contributed by atoms with Crippen molar-refractivity contribution in [3.05, 3.63) is 23.8 Å². The van der Waals surface area contributed by atoms with Gasteiger partial charge < -0.3 is 10.5 Å². The fourth-order valence-corrected chi connectivity index (χ4v) is 1.76. The third-order valence-electron chi connectivity index (χ3n) is 2.01. The maximum Gasteiger partial charge on any atom is 0.293 e. The predicted molar refractivity (Wildman–Crippen MR) is 62.9 cm³/mol. The van der Waals surface area contributed by atoms with Gasteiger partial charge in [0, 0.05) is 6.04 Å².